The van der Waals surface area contributed by atoms with Crippen molar-refractivity contribution >= 4 is 17.4 Å². The molecule has 1 aliphatic heterocycles. The average molecular weight is 394 g/mol. The molecule has 1 aromatic heterocycles. The first-order valence-electron chi connectivity index (χ1n) is 9.50. The van der Waals surface area contributed by atoms with Crippen molar-refractivity contribution in [2.24, 2.45) is 5.92 Å². The number of nitrogens with one attached hydrogen (secondary N) is 1. The first-order chi connectivity index (χ1) is 14.1. The maximum absolute atomic E-state index is 13.7. The molecule has 2 aromatic carbocycles. The van der Waals surface area contributed by atoms with Gasteiger partial charge in [-0.15, -0.1) is 10.2 Å². The lowest BCUT2D eigenvalue weighted by Crippen LogP contribution is -2.38. The second kappa shape index (κ2) is 8.34. The molecule has 5 nitrogen and oxygen atoms in total. The minimum Gasteiger partial charge on any atom is -0.355 e. The molecular weight excluding hydrogens is 374 g/mol. The highest BCUT2D eigenvalue weighted by molar-refractivity contribution is 5.92. The molecular formula is C22H20F2N4O. The molecule has 0 radical (unpaired) electrons. The smallest absolute Gasteiger partial charge is 0.227 e. The van der Waals surface area contributed by atoms with E-state index in [9.17, 15) is 13.6 Å². The first-order valence-corrected chi connectivity index (χ1v) is 9.50. The van der Waals surface area contributed by atoms with E-state index in [1.165, 1.54) is 6.07 Å². The van der Waals surface area contributed by atoms with E-state index in [-0.39, 0.29) is 17.5 Å². The summed E-state index contributed by atoms with van der Waals surface area (Å²) in [6.07, 6.45) is 1.24. The molecule has 29 heavy (non-hydrogen) atoms. The van der Waals surface area contributed by atoms with Crippen molar-refractivity contribution in [2.75, 3.05) is 23.3 Å². The first kappa shape index (κ1) is 19.0. The van der Waals surface area contributed by atoms with Crippen LogP contribution >= 0.6 is 0 Å². The van der Waals surface area contributed by atoms with E-state index < -0.39 is 11.6 Å². The van der Waals surface area contributed by atoms with E-state index in [2.05, 4.69) is 20.4 Å². The highest BCUT2D eigenvalue weighted by Crippen LogP contribution is 2.25. The predicted octanol–water partition coefficient (Wildman–Crippen LogP) is 4.28. The van der Waals surface area contributed by atoms with Crippen LogP contribution in [0.5, 0.6) is 0 Å². The lowest BCUT2D eigenvalue weighted by Gasteiger charge is -2.31. The summed E-state index contributed by atoms with van der Waals surface area (Å²) in [5, 5.41) is 11.2. The van der Waals surface area contributed by atoms with Crippen LogP contribution in [0.15, 0.2) is 60.7 Å². The van der Waals surface area contributed by atoms with Gasteiger partial charge in [0.1, 0.15) is 11.6 Å². The fourth-order valence-electron chi connectivity index (χ4n) is 3.45. The zero-order chi connectivity index (χ0) is 20.2. The van der Waals surface area contributed by atoms with Crippen molar-refractivity contribution in [3.05, 3.63) is 72.3 Å². The van der Waals surface area contributed by atoms with E-state index >= 15 is 0 Å². The second-order valence-corrected chi connectivity index (χ2v) is 7.02. The monoisotopic (exact) mass is 394 g/mol. The third kappa shape index (κ3) is 4.39. The zero-order valence-electron chi connectivity index (χ0n) is 15.7. The summed E-state index contributed by atoms with van der Waals surface area (Å²) in [4.78, 5) is 14.5. The molecule has 0 aliphatic carbocycles. The molecule has 0 unspecified atom stereocenters. The Morgan fingerprint density at radius 2 is 1.72 bits per heavy atom. The molecule has 4 rings (SSSR count). The van der Waals surface area contributed by atoms with Crippen LogP contribution in [0, 0.1) is 17.6 Å². The van der Waals surface area contributed by atoms with Gasteiger partial charge in [0.2, 0.25) is 5.91 Å². The van der Waals surface area contributed by atoms with Crippen molar-refractivity contribution in [1.82, 2.24) is 10.2 Å². The summed E-state index contributed by atoms with van der Waals surface area (Å²) in [5.74, 6) is -1.15. The maximum atomic E-state index is 13.7. The van der Waals surface area contributed by atoms with Crippen LogP contribution in [0.4, 0.5) is 20.3 Å². The number of anilines is 2. The number of amides is 1. The summed E-state index contributed by atoms with van der Waals surface area (Å²) >= 11 is 0. The Bertz CT molecular complexity index is 987. The molecule has 0 spiro atoms. The normalized spacial score (nSPS) is 14.6. The van der Waals surface area contributed by atoms with Gasteiger partial charge in [0.25, 0.3) is 0 Å². The molecule has 2 heterocycles. The molecule has 7 heteroatoms. The van der Waals surface area contributed by atoms with Crippen LogP contribution in [0.1, 0.15) is 12.8 Å². The summed E-state index contributed by atoms with van der Waals surface area (Å²) in [6.45, 7) is 1.31. The lowest BCUT2D eigenvalue weighted by atomic mass is 9.95. The Balaban J connectivity index is 1.35. The van der Waals surface area contributed by atoms with Gasteiger partial charge in [0, 0.05) is 30.6 Å². The molecule has 0 saturated carbocycles. The Labute approximate surface area is 167 Å². The highest BCUT2D eigenvalue weighted by atomic mass is 19.1. The molecule has 0 atom stereocenters. The Morgan fingerprint density at radius 1 is 0.966 bits per heavy atom. The fraction of sp³-hybridized carbons (Fsp3) is 0.227. The maximum Gasteiger partial charge on any atom is 0.227 e. The topological polar surface area (TPSA) is 58.1 Å². The summed E-state index contributed by atoms with van der Waals surface area (Å²) in [6, 6.07) is 16.8. The zero-order valence-corrected chi connectivity index (χ0v) is 15.7. The average Bonchev–Trinajstić information content (AvgIpc) is 2.76. The molecule has 1 saturated heterocycles. The Kier molecular flexibility index (Phi) is 5.46. The van der Waals surface area contributed by atoms with E-state index in [1.807, 2.05) is 42.5 Å². The van der Waals surface area contributed by atoms with E-state index in [0.29, 0.717) is 25.9 Å². The number of benzene rings is 2. The van der Waals surface area contributed by atoms with Gasteiger partial charge in [-0.2, -0.15) is 0 Å². The summed E-state index contributed by atoms with van der Waals surface area (Å²) in [7, 11) is 0. The molecule has 1 aliphatic rings. The van der Waals surface area contributed by atoms with Gasteiger partial charge in [-0.25, -0.2) is 8.78 Å². The number of hydrogen-bond donors (Lipinski definition) is 1. The van der Waals surface area contributed by atoms with Crippen LogP contribution in [0.25, 0.3) is 11.3 Å². The van der Waals surface area contributed by atoms with Gasteiger partial charge in [0.05, 0.1) is 11.4 Å². The van der Waals surface area contributed by atoms with Gasteiger partial charge in [-0.3, -0.25) is 4.79 Å². The van der Waals surface area contributed by atoms with Gasteiger partial charge < -0.3 is 10.2 Å². The third-order valence-electron chi connectivity index (χ3n) is 5.10. The van der Waals surface area contributed by atoms with Crippen LogP contribution in [0.3, 0.4) is 0 Å². The van der Waals surface area contributed by atoms with Gasteiger partial charge in [-0.1, -0.05) is 30.3 Å². The fourth-order valence-corrected chi connectivity index (χ4v) is 3.45. The minimum atomic E-state index is -0.774. The second-order valence-electron chi connectivity index (χ2n) is 7.02. The number of hydrogen-bond acceptors (Lipinski definition) is 4. The predicted molar refractivity (Wildman–Crippen MR) is 107 cm³/mol. The molecule has 0 bridgehead atoms. The summed E-state index contributed by atoms with van der Waals surface area (Å²) in [5.41, 5.74) is 1.82. The van der Waals surface area contributed by atoms with E-state index in [4.69, 9.17) is 0 Å². The van der Waals surface area contributed by atoms with Crippen molar-refractivity contribution < 1.29 is 13.6 Å². The number of nitrogens with zero attached hydrogens (tertiary/aromatic N) is 3. The van der Waals surface area contributed by atoms with Crippen LogP contribution < -0.4 is 10.2 Å². The van der Waals surface area contributed by atoms with E-state index in [0.717, 1.165) is 29.2 Å². The quantitative estimate of drug-likeness (QED) is 0.718. The standard InChI is InChI=1S/C22H20F2N4O/c23-17-6-7-20(18(24)14-17)25-22(29)16-10-12-28(13-11-16)21-9-8-19(26-27-21)15-4-2-1-3-5-15/h1-9,14,16H,10-13H2,(H,25,29). The van der Waals surface area contributed by atoms with E-state index in [1.54, 1.807) is 0 Å². The molecule has 148 valence electrons. The van der Waals surface area contributed by atoms with Crippen molar-refractivity contribution in [3.63, 3.8) is 0 Å². The van der Waals surface area contributed by atoms with Crippen molar-refractivity contribution in [2.45, 2.75) is 12.8 Å². The molecule has 3 aromatic rings. The van der Waals surface area contributed by atoms with Crippen LogP contribution in [-0.4, -0.2) is 29.2 Å². The number of rotatable bonds is 4. The largest absolute Gasteiger partial charge is 0.355 e. The highest BCUT2D eigenvalue weighted by Gasteiger charge is 2.26. The lowest BCUT2D eigenvalue weighted by molar-refractivity contribution is -0.120. The molecule has 1 fully saturated rings. The van der Waals surface area contributed by atoms with Crippen molar-refractivity contribution in [1.29, 1.82) is 0 Å². The number of carbonyl (C=O) groups excluding carboxylic acids is 1. The number of carbonyl (C=O) groups is 1. The SMILES string of the molecule is O=C(Nc1ccc(F)cc1F)C1CCN(c2ccc(-c3ccccc3)nn2)CC1. The van der Waals surface area contributed by atoms with Crippen molar-refractivity contribution in [3.8, 4) is 11.3 Å². The Hall–Kier alpha value is -3.35. The van der Waals surface area contributed by atoms with Crippen LogP contribution in [-0.2, 0) is 4.79 Å². The van der Waals surface area contributed by atoms with Crippen LogP contribution in [0.2, 0.25) is 0 Å². The number of halogens is 2. The van der Waals surface area contributed by atoms with Gasteiger partial charge >= 0.3 is 0 Å². The number of piperidine rings is 1. The third-order valence-corrected chi connectivity index (χ3v) is 5.10. The molecule has 1 amide bonds. The molecule has 1 N–H and O–H groups in total. The Morgan fingerprint density at radius 3 is 2.38 bits per heavy atom. The number of aromatic nitrogens is 2. The minimum absolute atomic E-state index is 0.00111. The summed E-state index contributed by atoms with van der Waals surface area (Å²) < 4.78 is 26.7. The van der Waals surface area contributed by atoms with Gasteiger partial charge in [0.15, 0.2) is 5.82 Å². The van der Waals surface area contributed by atoms with Gasteiger partial charge in [-0.05, 0) is 37.1 Å².